The molecule has 0 aliphatic heterocycles. The fourth-order valence-corrected chi connectivity index (χ4v) is 3.11. The summed E-state index contributed by atoms with van der Waals surface area (Å²) in [5.74, 6) is 0. The number of rotatable bonds is 3. The minimum absolute atomic E-state index is 0.127. The molecule has 1 saturated carbocycles. The fourth-order valence-electron chi connectivity index (χ4n) is 3.11. The predicted molar refractivity (Wildman–Crippen MR) is 79.3 cm³/mol. The topological polar surface area (TPSA) is 84.6 Å². The maximum absolute atomic E-state index is 12.1. The van der Waals surface area contributed by atoms with Gasteiger partial charge >= 0.3 is 6.09 Å². The minimum Gasteiger partial charge on any atom is -0.444 e. The lowest BCUT2D eigenvalue weighted by atomic mass is 9.57. The molecule has 4 N–H and O–H groups in total. The molecular formula is C15H30N2O3. The van der Waals surface area contributed by atoms with Gasteiger partial charge in [0.1, 0.15) is 5.60 Å². The molecule has 0 heterocycles. The van der Waals surface area contributed by atoms with Crippen LogP contribution in [0.1, 0.15) is 54.4 Å². The molecule has 0 aromatic rings. The maximum atomic E-state index is 12.1. The van der Waals surface area contributed by atoms with Crippen LogP contribution in [0.15, 0.2) is 0 Å². The summed E-state index contributed by atoms with van der Waals surface area (Å²) in [5.41, 5.74) is 5.00. The van der Waals surface area contributed by atoms with Crippen molar-refractivity contribution in [3.05, 3.63) is 0 Å². The smallest absolute Gasteiger partial charge is 0.407 e. The first kappa shape index (κ1) is 17.2. The Morgan fingerprint density at radius 1 is 1.35 bits per heavy atom. The third-order valence-corrected chi connectivity index (χ3v) is 3.83. The average molecular weight is 286 g/mol. The minimum atomic E-state index is -0.526. The zero-order valence-corrected chi connectivity index (χ0v) is 13.6. The van der Waals surface area contributed by atoms with Gasteiger partial charge in [0, 0.05) is 18.0 Å². The van der Waals surface area contributed by atoms with E-state index < -0.39 is 11.7 Å². The van der Waals surface area contributed by atoms with Crippen LogP contribution in [0.2, 0.25) is 0 Å². The van der Waals surface area contributed by atoms with Gasteiger partial charge < -0.3 is 20.9 Å². The highest BCUT2D eigenvalue weighted by atomic mass is 16.6. The van der Waals surface area contributed by atoms with E-state index in [-0.39, 0.29) is 23.0 Å². The summed E-state index contributed by atoms with van der Waals surface area (Å²) in [4.78, 5) is 12.1. The van der Waals surface area contributed by atoms with Crippen molar-refractivity contribution in [3.8, 4) is 0 Å². The Morgan fingerprint density at radius 2 is 1.85 bits per heavy atom. The number of amides is 1. The van der Waals surface area contributed by atoms with Gasteiger partial charge in [-0.3, -0.25) is 0 Å². The molecule has 1 aliphatic carbocycles. The molecule has 1 atom stereocenters. The quantitative estimate of drug-likeness (QED) is 0.741. The highest BCUT2D eigenvalue weighted by Crippen LogP contribution is 2.48. The summed E-state index contributed by atoms with van der Waals surface area (Å²) in [5, 5.41) is 12.6. The van der Waals surface area contributed by atoms with Gasteiger partial charge in [-0.05, 0) is 39.0 Å². The standard InChI is InChI=1S/C15H30N2O3/c1-13(2,3)11(15(9-16)7-10(18)8-15)17-12(19)20-14(4,5)6/h10-11,18H,7-9,16H2,1-6H3,(H,17,19). The van der Waals surface area contributed by atoms with Crippen LogP contribution in [-0.2, 0) is 4.74 Å². The Labute approximate surface area is 122 Å². The Bertz CT molecular complexity index is 349. The fraction of sp³-hybridized carbons (Fsp3) is 0.933. The normalized spacial score (nSPS) is 28.5. The van der Waals surface area contributed by atoms with Crippen molar-refractivity contribution in [2.24, 2.45) is 16.6 Å². The Kier molecular flexibility index (Phi) is 4.76. The lowest BCUT2D eigenvalue weighted by Crippen LogP contribution is -2.64. The number of aliphatic hydroxyl groups is 1. The van der Waals surface area contributed by atoms with Crippen molar-refractivity contribution in [2.75, 3.05) is 6.54 Å². The van der Waals surface area contributed by atoms with Crippen molar-refractivity contribution in [1.29, 1.82) is 0 Å². The van der Waals surface area contributed by atoms with Gasteiger partial charge in [-0.1, -0.05) is 20.8 Å². The third-order valence-electron chi connectivity index (χ3n) is 3.83. The van der Waals surface area contributed by atoms with Crippen LogP contribution in [-0.4, -0.2) is 35.5 Å². The summed E-state index contributed by atoms with van der Waals surface area (Å²) in [6.45, 7) is 12.2. The Balaban J connectivity index is 2.84. The van der Waals surface area contributed by atoms with E-state index in [0.717, 1.165) is 0 Å². The van der Waals surface area contributed by atoms with Crippen LogP contribution < -0.4 is 11.1 Å². The molecule has 0 aromatic heterocycles. The largest absolute Gasteiger partial charge is 0.444 e. The second-order valence-electron chi connectivity index (χ2n) is 8.07. The van der Waals surface area contributed by atoms with Crippen LogP contribution in [0.25, 0.3) is 0 Å². The molecule has 0 spiro atoms. The van der Waals surface area contributed by atoms with Crippen molar-refractivity contribution in [2.45, 2.75) is 72.1 Å². The van der Waals surface area contributed by atoms with E-state index in [1.165, 1.54) is 0 Å². The van der Waals surface area contributed by atoms with Gasteiger partial charge in [-0.2, -0.15) is 0 Å². The molecule has 1 fully saturated rings. The van der Waals surface area contributed by atoms with Crippen LogP contribution in [0.3, 0.4) is 0 Å². The number of carbonyl (C=O) groups excluding carboxylic acids is 1. The van der Waals surface area contributed by atoms with Gasteiger partial charge in [-0.25, -0.2) is 4.79 Å². The zero-order valence-electron chi connectivity index (χ0n) is 13.6. The zero-order chi connectivity index (χ0) is 15.8. The molecule has 118 valence electrons. The van der Waals surface area contributed by atoms with Gasteiger partial charge in [0.2, 0.25) is 0 Å². The second-order valence-corrected chi connectivity index (χ2v) is 8.07. The van der Waals surface area contributed by atoms with E-state index >= 15 is 0 Å². The van der Waals surface area contributed by atoms with Gasteiger partial charge in [0.15, 0.2) is 0 Å². The van der Waals surface area contributed by atoms with E-state index in [4.69, 9.17) is 10.5 Å². The number of carbonyl (C=O) groups is 1. The van der Waals surface area contributed by atoms with E-state index in [1.807, 2.05) is 20.8 Å². The Morgan fingerprint density at radius 3 is 2.15 bits per heavy atom. The number of aliphatic hydroxyl groups excluding tert-OH is 1. The lowest BCUT2D eigenvalue weighted by molar-refractivity contribution is -0.0747. The van der Waals surface area contributed by atoms with E-state index in [9.17, 15) is 9.90 Å². The van der Waals surface area contributed by atoms with Crippen molar-refractivity contribution >= 4 is 6.09 Å². The molecule has 20 heavy (non-hydrogen) atoms. The first-order valence-electron chi connectivity index (χ1n) is 7.27. The summed E-state index contributed by atoms with van der Waals surface area (Å²) >= 11 is 0. The number of hydrogen-bond donors (Lipinski definition) is 3. The molecule has 0 saturated heterocycles. The summed E-state index contributed by atoms with van der Waals surface area (Å²) in [7, 11) is 0. The SMILES string of the molecule is CC(C)(C)OC(=O)NC(C(C)(C)C)C1(CN)CC(O)C1. The molecule has 1 rings (SSSR count). The van der Waals surface area contributed by atoms with E-state index in [0.29, 0.717) is 19.4 Å². The first-order valence-corrected chi connectivity index (χ1v) is 7.27. The number of alkyl carbamates (subject to hydrolysis) is 1. The number of hydrogen-bond acceptors (Lipinski definition) is 4. The first-order chi connectivity index (χ1) is 8.89. The monoisotopic (exact) mass is 286 g/mol. The van der Waals surface area contributed by atoms with Crippen LogP contribution >= 0.6 is 0 Å². The van der Waals surface area contributed by atoms with Gasteiger partial charge in [-0.15, -0.1) is 0 Å². The Hall–Kier alpha value is -0.810. The number of ether oxygens (including phenoxy) is 1. The molecule has 0 bridgehead atoms. The maximum Gasteiger partial charge on any atom is 0.407 e. The molecule has 1 aliphatic rings. The van der Waals surface area contributed by atoms with Crippen molar-refractivity contribution in [3.63, 3.8) is 0 Å². The van der Waals surface area contributed by atoms with Crippen LogP contribution in [0.4, 0.5) is 4.79 Å². The number of nitrogens with two attached hydrogens (primary N) is 1. The summed E-state index contributed by atoms with van der Waals surface area (Å²) < 4.78 is 5.35. The molecule has 1 unspecified atom stereocenters. The molecular weight excluding hydrogens is 256 g/mol. The van der Waals surface area contributed by atoms with Crippen LogP contribution in [0.5, 0.6) is 0 Å². The molecule has 0 radical (unpaired) electrons. The van der Waals surface area contributed by atoms with Crippen molar-refractivity contribution < 1.29 is 14.6 Å². The highest BCUT2D eigenvalue weighted by Gasteiger charge is 2.52. The number of nitrogens with one attached hydrogen (secondary N) is 1. The average Bonchev–Trinajstić information content (AvgIpc) is 2.17. The molecule has 1 amide bonds. The lowest BCUT2D eigenvalue weighted by Gasteiger charge is -2.54. The van der Waals surface area contributed by atoms with Crippen LogP contribution in [0, 0.1) is 10.8 Å². The van der Waals surface area contributed by atoms with Crippen molar-refractivity contribution in [1.82, 2.24) is 5.32 Å². The summed E-state index contributed by atoms with van der Waals surface area (Å²) in [6, 6.07) is -0.127. The van der Waals surface area contributed by atoms with Gasteiger partial charge in [0.05, 0.1) is 6.10 Å². The highest BCUT2D eigenvalue weighted by molar-refractivity contribution is 5.68. The predicted octanol–water partition coefficient (Wildman–Crippen LogP) is 2.03. The molecule has 5 nitrogen and oxygen atoms in total. The third kappa shape index (κ3) is 4.09. The molecule has 0 aromatic carbocycles. The van der Waals surface area contributed by atoms with E-state index in [2.05, 4.69) is 26.1 Å². The summed E-state index contributed by atoms with van der Waals surface area (Å²) in [6.07, 6.45) is 0.512. The molecule has 5 heteroatoms. The second kappa shape index (κ2) is 5.53. The van der Waals surface area contributed by atoms with Gasteiger partial charge in [0.25, 0.3) is 0 Å². The van der Waals surface area contributed by atoms with E-state index in [1.54, 1.807) is 0 Å².